The summed E-state index contributed by atoms with van der Waals surface area (Å²) in [5, 5.41) is 4.10. The zero-order valence-corrected chi connectivity index (χ0v) is 9.77. The van der Waals surface area contributed by atoms with Gasteiger partial charge in [-0.15, -0.1) is 0 Å². The van der Waals surface area contributed by atoms with Gasteiger partial charge in [-0.25, -0.2) is 0 Å². The van der Waals surface area contributed by atoms with Gasteiger partial charge in [0, 0.05) is 26.2 Å². The van der Waals surface area contributed by atoms with E-state index in [0.717, 1.165) is 44.5 Å². The van der Waals surface area contributed by atoms with Crippen LogP contribution in [0.4, 0.5) is 0 Å². The molecule has 0 radical (unpaired) electrons. The van der Waals surface area contributed by atoms with Crippen LogP contribution in [0.15, 0.2) is 0 Å². The first kappa shape index (κ1) is 11.7. The van der Waals surface area contributed by atoms with E-state index >= 15 is 0 Å². The van der Waals surface area contributed by atoms with E-state index in [-0.39, 0.29) is 0 Å². The largest absolute Gasteiger partial charge is 0.378 e. The highest BCUT2D eigenvalue weighted by molar-refractivity contribution is 7.80. The lowest BCUT2D eigenvalue weighted by molar-refractivity contribution is 0.0676. The molecule has 1 N–H and O–H groups in total. The standard InChI is InChI=1S/C9H19N3OS/c1-11(2)4-3-10-9(14)12-5-7-13-8-6-12/h3-8H2,1-2H3,(H,10,14). The summed E-state index contributed by atoms with van der Waals surface area (Å²) in [7, 11) is 4.11. The summed E-state index contributed by atoms with van der Waals surface area (Å²) in [5.74, 6) is 0. The number of hydrogen-bond acceptors (Lipinski definition) is 3. The van der Waals surface area contributed by atoms with Gasteiger partial charge in [-0.1, -0.05) is 0 Å². The molecule has 0 spiro atoms. The molecule has 0 unspecified atom stereocenters. The normalized spacial score (nSPS) is 17.2. The van der Waals surface area contributed by atoms with Crippen molar-refractivity contribution in [3.63, 3.8) is 0 Å². The summed E-state index contributed by atoms with van der Waals surface area (Å²) in [5.41, 5.74) is 0. The van der Waals surface area contributed by atoms with Gasteiger partial charge in [0.1, 0.15) is 0 Å². The SMILES string of the molecule is CN(C)CCNC(=S)N1CCOCC1. The van der Waals surface area contributed by atoms with E-state index in [1.165, 1.54) is 0 Å². The number of likely N-dealkylation sites (N-methyl/N-ethyl adjacent to an activating group) is 1. The van der Waals surface area contributed by atoms with Gasteiger partial charge in [0.2, 0.25) is 0 Å². The van der Waals surface area contributed by atoms with Gasteiger partial charge >= 0.3 is 0 Å². The van der Waals surface area contributed by atoms with Gasteiger partial charge < -0.3 is 19.9 Å². The highest BCUT2D eigenvalue weighted by Gasteiger charge is 2.12. The van der Waals surface area contributed by atoms with Crippen molar-refractivity contribution in [2.75, 3.05) is 53.5 Å². The lowest BCUT2D eigenvalue weighted by Crippen LogP contribution is -2.47. The molecule has 82 valence electrons. The fraction of sp³-hybridized carbons (Fsp3) is 0.889. The minimum atomic E-state index is 0.787. The minimum Gasteiger partial charge on any atom is -0.378 e. The van der Waals surface area contributed by atoms with Gasteiger partial charge in [0.25, 0.3) is 0 Å². The van der Waals surface area contributed by atoms with Crippen molar-refractivity contribution in [3.05, 3.63) is 0 Å². The minimum absolute atomic E-state index is 0.787. The second-order valence-electron chi connectivity index (χ2n) is 3.63. The number of nitrogens with zero attached hydrogens (tertiary/aromatic N) is 2. The van der Waals surface area contributed by atoms with E-state index in [9.17, 15) is 0 Å². The maximum absolute atomic E-state index is 5.27. The summed E-state index contributed by atoms with van der Waals surface area (Å²) in [6, 6.07) is 0. The second kappa shape index (κ2) is 6.16. The molecule has 0 amide bonds. The van der Waals surface area contributed by atoms with Crippen LogP contribution in [0.25, 0.3) is 0 Å². The predicted molar refractivity (Wildman–Crippen MR) is 61.5 cm³/mol. The fourth-order valence-electron chi connectivity index (χ4n) is 1.26. The van der Waals surface area contributed by atoms with Crippen LogP contribution in [0.1, 0.15) is 0 Å². The first-order valence-electron chi connectivity index (χ1n) is 4.95. The molecule has 1 saturated heterocycles. The molecule has 0 saturated carbocycles. The first-order chi connectivity index (χ1) is 6.70. The lowest BCUT2D eigenvalue weighted by Gasteiger charge is -2.29. The number of rotatable bonds is 3. The van der Waals surface area contributed by atoms with E-state index in [2.05, 4.69) is 29.2 Å². The molecule has 1 heterocycles. The Morgan fingerprint density at radius 2 is 2.07 bits per heavy atom. The van der Waals surface area contributed by atoms with Gasteiger partial charge in [-0.2, -0.15) is 0 Å². The molecule has 14 heavy (non-hydrogen) atoms. The van der Waals surface area contributed by atoms with Gasteiger partial charge in [0.15, 0.2) is 5.11 Å². The number of nitrogens with one attached hydrogen (secondary N) is 1. The van der Waals surface area contributed by atoms with Gasteiger partial charge in [-0.3, -0.25) is 0 Å². The van der Waals surface area contributed by atoms with E-state index in [1.54, 1.807) is 0 Å². The molecular weight excluding hydrogens is 198 g/mol. The quantitative estimate of drug-likeness (QED) is 0.658. The summed E-state index contributed by atoms with van der Waals surface area (Å²) >= 11 is 5.27. The molecule has 4 nitrogen and oxygen atoms in total. The van der Waals surface area contributed by atoms with Crippen molar-refractivity contribution in [1.29, 1.82) is 0 Å². The summed E-state index contributed by atoms with van der Waals surface area (Å²) in [6.07, 6.45) is 0. The average Bonchev–Trinajstić information content (AvgIpc) is 2.18. The summed E-state index contributed by atoms with van der Waals surface area (Å²) in [6.45, 7) is 5.31. The van der Waals surface area contributed by atoms with E-state index in [0.29, 0.717) is 0 Å². The van der Waals surface area contributed by atoms with Gasteiger partial charge in [0.05, 0.1) is 13.2 Å². The van der Waals surface area contributed by atoms with Crippen molar-refractivity contribution in [2.45, 2.75) is 0 Å². The Morgan fingerprint density at radius 1 is 1.43 bits per heavy atom. The topological polar surface area (TPSA) is 27.7 Å². The number of ether oxygens (including phenoxy) is 1. The smallest absolute Gasteiger partial charge is 0.169 e. The third-order valence-electron chi connectivity index (χ3n) is 2.13. The maximum atomic E-state index is 5.27. The van der Waals surface area contributed by atoms with Gasteiger partial charge in [-0.05, 0) is 26.3 Å². The zero-order chi connectivity index (χ0) is 10.4. The van der Waals surface area contributed by atoms with Crippen molar-refractivity contribution in [1.82, 2.24) is 15.1 Å². The van der Waals surface area contributed by atoms with Crippen molar-refractivity contribution >= 4 is 17.3 Å². The Morgan fingerprint density at radius 3 is 2.64 bits per heavy atom. The van der Waals surface area contributed by atoms with Crippen LogP contribution in [-0.2, 0) is 4.74 Å². The summed E-state index contributed by atoms with van der Waals surface area (Å²) < 4.78 is 5.26. The Labute approximate surface area is 91.2 Å². The number of thiocarbonyl (C=S) groups is 1. The molecule has 0 aliphatic carbocycles. The molecule has 0 aromatic rings. The van der Waals surface area contributed by atoms with E-state index in [1.807, 2.05) is 0 Å². The molecule has 0 atom stereocenters. The molecule has 1 aliphatic rings. The van der Waals surface area contributed by atoms with E-state index in [4.69, 9.17) is 17.0 Å². The number of morpholine rings is 1. The molecule has 1 rings (SSSR count). The third-order valence-corrected chi connectivity index (χ3v) is 2.54. The highest BCUT2D eigenvalue weighted by Crippen LogP contribution is 1.96. The summed E-state index contributed by atoms with van der Waals surface area (Å²) in [4.78, 5) is 4.30. The van der Waals surface area contributed by atoms with Crippen LogP contribution in [0, 0.1) is 0 Å². The molecule has 0 aromatic carbocycles. The van der Waals surface area contributed by atoms with Crippen LogP contribution >= 0.6 is 12.2 Å². The molecule has 1 fully saturated rings. The lowest BCUT2D eigenvalue weighted by atomic mass is 10.4. The molecule has 1 aliphatic heterocycles. The monoisotopic (exact) mass is 217 g/mol. The van der Waals surface area contributed by atoms with Crippen LogP contribution in [0.5, 0.6) is 0 Å². The average molecular weight is 217 g/mol. The zero-order valence-electron chi connectivity index (χ0n) is 8.95. The van der Waals surface area contributed by atoms with Crippen LogP contribution < -0.4 is 5.32 Å². The van der Waals surface area contributed by atoms with Crippen LogP contribution in [0.3, 0.4) is 0 Å². The highest BCUT2D eigenvalue weighted by atomic mass is 32.1. The number of hydrogen-bond donors (Lipinski definition) is 1. The molecule has 5 heteroatoms. The van der Waals surface area contributed by atoms with Crippen molar-refractivity contribution in [2.24, 2.45) is 0 Å². The van der Waals surface area contributed by atoms with Crippen molar-refractivity contribution in [3.8, 4) is 0 Å². The molecular formula is C9H19N3OS. The van der Waals surface area contributed by atoms with Crippen LogP contribution in [0.2, 0.25) is 0 Å². The third kappa shape index (κ3) is 4.21. The van der Waals surface area contributed by atoms with Crippen molar-refractivity contribution < 1.29 is 4.74 Å². The second-order valence-corrected chi connectivity index (χ2v) is 4.02. The Bertz CT molecular complexity index is 181. The molecule has 0 aromatic heterocycles. The maximum Gasteiger partial charge on any atom is 0.169 e. The Kier molecular flexibility index (Phi) is 5.14. The Hall–Kier alpha value is -0.390. The fourth-order valence-corrected chi connectivity index (χ4v) is 1.55. The Balaban J connectivity index is 2.13. The predicted octanol–water partition coefficient (Wildman–Crippen LogP) is -0.245. The molecule has 0 bridgehead atoms. The van der Waals surface area contributed by atoms with E-state index < -0.39 is 0 Å². The van der Waals surface area contributed by atoms with Crippen LogP contribution in [-0.4, -0.2) is 68.4 Å². The first-order valence-corrected chi connectivity index (χ1v) is 5.36.